The van der Waals surface area contributed by atoms with Crippen molar-refractivity contribution in [1.82, 2.24) is 15.1 Å². The summed E-state index contributed by atoms with van der Waals surface area (Å²) in [6.45, 7) is 3.51. The molecule has 2 aromatic rings. The van der Waals surface area contributed by atoms with Crippen molar-refractivity contribution >= 4 is 0 Å². The summed E-state index contributed by atoms with van der Waals surface area (Å²) in [5.74, 6) is -3.19. The molecule has 0 spiro atoms. The monoisotopic (exact) mass is 299 g/mol. The quantitative estimate of drug-likeness (QED) is 0.657. The average Bonchev–Trinajstić information content (AvgIpc) is 2.80. The van der Waals surface area contributed by atoms with E-state index >= 15 is 0 Å². The molecule has 4 nitrogen and oxygen atoms in total. The van der Waals surface area contributed by atoms with E-state index < -0.39 is 17.5 Å². The zero-order valence-corrected chi connectivity index (χ0v) is 11.8. The molecule has 0 radical (unpaired) electrons. The van der Waals surface area contributed by atoms with Crippen LogP contribution in [0.4, 0.5) is 13.2 Å². The van der Waals surface area contributed by atoms with Crippen LogP contribution in [-0.4, -0.2) is 30.0 Å². The van der Waals surface area contributed by atoms with Crippen LogP contribution in [0.3, 0.4) is 0 Å². The molecule has 0 amide bonds. The minimum absolute atomic E-state index is 0.116. The molecule has 0 aliphatic rings. The molecular weight excluding hydrogens is 283 g/mol. The molecule has 0 aliphatic carbocycles. The topological polar surface area (TPSA) is 39.1 Å². The highest BCUT2D eigenvalue weighted by Gasteiger charge is 2.15. The lowest BCUT2D eigenvalue weighted by Gasteiger charge is -2.08. The fourth-order valence-electron chi connectivity index (χ4n) is 1.93. The van der Waals surface area contributed by atoms with Gasteiger partial charge in [0.1, 0.15) is 5.69 Å². The van der Waals surface area contributed by atoms with Gasteiger partial charge in [0, 0.05) is 43.6 Å². The van der Waals surface area contributed by atoms with E-state index in [0.717, 1.165) is 11.6 Å². The summed E-state index contributed by atoms with van der Waals surface area (Å²) in [6, 6.07) is 1.31. The fourth-order valence-corrected chi connectivity index (χ4v) is 1.93. The van der Waals surface area contributed by atoms with E-state index in [2.05, 4.69) is 10.4 Å². The van der Waals surface area contributed by atoms with Gasteiger partial charge in [0.05, 0.1) is 12.8 Å². The summed E-state index contributed by atoms with van der Waals surface area (Å²) >= 11 is 0. The van der Waals surface area contributed by atoms with Crippen LogP contribution in [0.15, 0.2) is 18.3 Å². The van der Waals surface area contributed by atoms with Gasteiger partial charge in [0.15, 0.2) is 17.5 Å². The molecular formula is C14H16F3N3O. The first kappa shape index (κ1) is 15.5. The summed E-state index contributed by atoms with van der Waals surface area (Å²) in [6.07, 6.45) is 1.57. The summed E-state index contributed by atoms with van der Waals surface area (Å²) in [5.41, 5.74) is 1.38. The average molecular weight is 299 g/mol. The maximum absolute atomic E-state index is 13.8. The standard InChI is InChI=1S/C14H16F3N3O/c1-9-10(7-18-3-4-21-2)8-19-20(9)14-6-12(16)11(15)5-13(14)17/h5-6,8,18H,3-4,7H2,1-2H3. The minimum atomic E-state index is -1.22. The van der Waals surface area contributed by atoms with E-state index in [-0.39, 0.29) is 5.69 Å². The number of hydrogen-bond acceptors (Lipinski definition) is 3. The molecule has 0 fully saturated rings. The second kappa shape index (κ2) is 6.73. The van der Waals surface area contributed by atoms with E-state index in [4.69, 9.17) is 4.74 Å². The summed E-state index contributed by atoms with van der Waals surface area (Å²) < 4.78 is 46.1. The van der Waals surface area contributed by atoms with Crippen molar-refractivity contribution < 1.29 is 17.9 Å². The number of ether oxygens (including phenoxy) is 1. The Morgan fingerprint density at radius 1 is 1.19 bits per heavy atom. The molecule has 0 unspecified atom stereocenters. The van der Waals surface area contributed by atoms with Gasteiger partial charge in [0.2, 0.25) is 0 Å². The number of benzene rings is 1. The third kappa shape index (κ3) is 3.43. The van der Waals surface area contributed by atoms with Crippen LogP contribution in [0, 0.1) is 24.4 Å². The van der Waals surface area contributed by atoms with Crippen molar-refractivity contribution in [2.75, 3.05) is 20.3 Å². The SMILES string of the molecule is COCCNCc1cnn(-c2cc(F)c(F)cc2F)c1C. The van der Waals surface area contributed by atoms with Gasteiger partial charge in [-0.1, -0.05) is 0 Å². The van der Waals surface area contributed by atoms with Crippen LogP contribution in [-0.2, 0) is 11.3 Å². The third-order valence-electron chi connectivity index (χ3n) is 3.13. The van der Waals surface area contributed by atoms with Crippen molar-refractivity contribution in [3.63, 3.8) is 0 Å². The largest absolute Gasteiger partial charge is 0.383 e. The summed E-state index contributed by atoms with van der Waals surface area (Å²) in [4.78, 5) is 0. The Bertz CT molecular complexity index is 628. The van der Waals surface area contributed by atoms with E-state index in [9.17, 15) is 13.2 Å². The molecule has 2 rings (SSSR count). The Balaban J connectivity index is 2.22. The maximum Gasteiger partial charge on any atom is 0.161 e. The lowest BCUT2D eigenvalue weighted by molar-refractivity contribution is 0.199. The van der Waals surface area contributed by atoms with E-state index in [1.54, 1.807) is 20.2 Å². The molecule has 0 saturated carbocycles. The Morgan fingerprint density at radius 2 is 1.90 bits per heavy atom. The predicted octanol–water partition coefficient (Wildman–Crippen LogP) is 2.33. The Kier molecular flexibility index (Phi) is 4.98. The van der Waals surface area contributed by atoms with Crippen LogP contribution < -0.4 is 5.32 Å². The fraction of sp³-hybridized carbons (Fsp3) is 0.357. The van der Waals surface area contributed by atoms with Gasteiger partial charge in [0.25, 0.3) is 0 Å². The Morgan fingerprint density at radius 3 is 2.62 bits per heavy atom. The molecule has 1 aromatic heterocycles. The second-order valence-corrected chi connectivity index (χ2v) is 4.55. The number of nitrogens with zero attached hydrogens (tertiary/aromatic N) is 2. The molecule has 7 heteroatoms. The maximum atomic E-state index is 13.8. The smallest absolute Gasteiger partial charge is 0.161 e. The normalized spacial score (nSPS) is 11.1. The lowest BCUT2D eigenvalue weighted by atomic mass is 10.2. The zero-order valence-electron chi connectivity index (χ0n) is 11.8. The van der Waals surface area contributed by atoms with E-state index in [0.29, 0.717) is 31.5 Å². The first-order valence-corrected chi connectivity index (χ1v) is 6.42. The van der Waals surface area contributed by atoms with Crippen LogP contribution in [0.25, 0.3) is 5.69 Å². The van der Waals surface area contributed by atoms with E-state index in [1.165, 1.54) is 4.68 Å². The highest BCUT2D eigenvalue weighted by Crippen LogP contribution is 2.20. The number of aromatic nitrogens is 2. The third-order valence-corrected chi connectivity index (χ3v) is 3.13. The van der Waals surface area contributed by atoms with Crippen molar-refractivity contribution in [1.29, 1.82) is 0 Å². The number of halogens is 3. The van der Waals surface area contributed by atoms with Gasteiger partial charge in [-0.2, -0.15) is 5.10 Å². The van der Waals surface area contributed by atoms with Crippen molar-refractivity contribution in [3.05, 3.63) is 47.0 Å². The van der Waals surface area contributed by atoms with Gasteiger partial charge in [-0.25, -0.2) is 17.9 Å². The molecule has 0 saturated heterocycles. The number of rotatable bonds is 6. The predicted molar refractivity (Wildman–Crippen MR) is 71.8 cm³/mol. The summed E-state index contributed by atoms with van der Waals surface area (Å²) in [7, 11) is 1.61. The molecule has 0 aliphatic heterocycles. The first-order chi connectivity index (χ1) is 10.0. The van der Waals surface area contributed by atoms with Crippen molar-refractivity contribution in [2.45, 2.75) is 13.5 Å². The van der Waals surface area contributed by atoms with Crippen LogP contribution in [0.2, 0.25) is 0 Å². The van der Waals surface area contributed by atoms with Crippen LogP contribution in [0.5, 0.6) is 0 Å². The second-order valence-electron chi connectivity index (χ2n) is 4.55. The van der Waals surface area contributed by atoms with E-state index in [1.807, 2.05) is 0 Å². The van der Waals surface area contributed by atoms with Gasteiger partial charge in [-0.3, -0.25) is 0 Å². The van der Waals surface area contributed by atoms with Crippen LogP contribution in [0.1, 0.15) is 11.3 Å². The van der Waals surface area contributed by atoms with Gasteiger partial charge < -0.3 is 10.1 Å². The molecule has 21 heavy (non-hydrogen) atoms. The highest BCUT2D eigenvalue weighted by molar-refractivity contribution is 5.37. The number of nitrogens with one attached hydrogen (secondary N) is 1. The van der Waals surface area contributed by atoms with Gasteiger partial charge in [-0.15, -0.1) is 0 Å². The lowest BCUT2D eigenvalue weighted by Crippen LogP contribution is -2.18. The Hall–Kier alpha value is -1.86. The van der Waals surface area contributed by atoms with Gasteiger partial charge in [-0.05, 0) is 6.92 Å². The van der Waals surface area contributed by atoms with Gasteiger partial charge >= 0.3 is 0 Å². The summed E-state index contributed by atoms with van der Waals surface area (Å²) in [5, 5.41) is 7.17. The molecule has 0 bridgehead atoms. The molecule has 0 atom stereocenters. The Labute approximate surface area is 120 Å². The zero-order chi connectivity index (χ0) is 15.4. The van der Waals surface area contributed by atoms with Crippen molar-refractivity contribution in [3.8, 4) is 5.69 Å². The molecule has 114 valence electrons. The molecule has 1 N–H and O–H groups in total. The highest BCUT2D eigenvalue weighted by atomic mass is 19.2. The minimum Gasteiger partial charge on any atom is -0.383 e. The first-order valence-electron chi connectivity index (χ1n) is 6.42. The van der Waals surface area contributed by atoms with Crippen molar-refractivity contribution in [2.24, 2.45) is 0 Å². The number of methoxy groups -OCH3 is 1. The number of hydrogen-bond donors (Lipinski definition) is 1. The molecule has 1 heterocycles. The van der Waals surface area contributed by atoms with Crippen LogP contribution >= 0.6 is 0 Å². The molecule has 1 aromatic carbocycles.